The van der Waals surface area contributed by atoms with Gasteiger partial charge >= 0.3 is 0 Å². The molecule has 140 valence electrons. The van der Waals surface area contributed by atoms with Gasteiger partial charge < -0.3 is 10.1 Å². The van der Waals surface area contributed by atoms with Crippen molar-refractivity contribution in [2.75, 3.05) is 17.1 Å². The SMILES string of the molecule is COc1ccc(C)cc1S(=O)(=O)Nc1ccc(Nc2cc(C)ncn2)cc1. The monoisotopic (exact) mass is 384 g/mol. The number of ether oxygens (including phenoxy) is 1. The summed E-state index contributed by atoms with van der Waals surface area (Å²) in [5, 5.41) is 3.14. The van der Waals surface area contributed by atoms with E-state index in [0.717, 1.165) is 16.9 Å². The van der Waals surface area contributed by atoms with Crippen molar-refractivity contribution in [1.29, 1.82) is 0 Å². The second kappa shape index (κ2) is 7.63. The number of methoxy groups -OCH3 is 1. The maximum Gasteiger partial charge on any atom is 0.265 e. The molecule has 0 aliphatic rings. The van der Waals surface area contributed by atoms with Gasteiger partial charge in [-0.3, -0.25) is 4.72 Å². The van der Waals surface area contributed by atoms with Crippen molar-refractivity contribution >= 4 is 27.2 Å². The van der Waals surface area contributed by atoms with Crippen LogP contribution in [0, 0.1) is 13.8 Å². The first-order valence-corrected chi connectivity index (χ1v) is 9.69. The summed E-state index contributed by atoms with van der Waals surface area (Å²) in [4.78, 5) is 8.28. The zero-order chi connectivity index (χ0) is 19.4. The van der Waals surface area contributed by atoms with Gasteiger partial charge in [0.2, 0.25) is 0 Å². The minimum Gasteiger partial charge on any atom is -0.495 e. The predicted molar refractivity (Wildman–Crippen MR) is 105 cm³/mol. The number of benzene rings is 2. The molecular weight excluding hydrogens is 364 g/mol. The molecule has 3 aromatic rings. The van der Waals surface area contributed by atoms with Crippen LogP contribution in [0.2, 0.25) is 0 Å². The highest BCUT2D eigenvalue weighted by atomic mass is 32.2. The standard InChI is InChI=1S/C19H20N4O3S/c1-13-4-9-17(26-3)18(10-13)27(24,25)23-16-7-5-15(6-8-16)22-19-11-14(2)20-12-21-19/h4-12,23H,1-3H3,(H,20,21,22). The Bertz CT molecular complexity index is 1050. The second-order valence-electron chi connectivity index (χ2n) is 6.01. The maximum absolute atomic E-state index is 12.7. The third-order valence-electron chi connectivity index (χ3n) is 3.82. The van der Waals surface area contributed by atoms with Crippen LogP contribution in [0.5, 0.6) is 5.75 Å². The minimum atomic E-state index is -3.77. The first-order valence-electron chi connectivity index (χ1n) is 8.20. The Kier molecular flexibility index (Phi) is 5.27. The van der Waals surface area contributed by atoms with Gasteiger partial charge in [0.05, 0.1) is 7.11 Å². The average molecular weight is 384 g/mol. The van der Waals surface area contributed by atoms with Crippen molar-refractivity contribution in [2.45, 2.75) is 18.7 Å². The molecule has 0 aliphatic carbocycles. The van der Waals surface area contributed by atoms with E-state index in [4.69, 9.17) is 4.74 Å². The Hall–Kier alpha value is -3.13. The van der Waals surface area contributed by atoms with Crippen LogP contribution >= 0.6 is 0 Å². The van der Waals surface area contributed by atoms with Crippen molar-refractivity contribution in [2.24, 2.45) is 0 Å². The quantitative estimate of drug-likeness (QED) is 0.674. The number of sulfonamides is 1. The smallest absolute Gasteiger partial charge is 0.265 e. The van der Waals surface area contributed by atoms with Crippen molar-refractivity contribution in [1.82, 2.24) is 9.97 Å². The molecule has 0 unspecified atom stereocenters. The van der Waals surface area contributed by atoms with Crippen LogP contribution in [0.25, 0.3) is 0 Å². The molecular formula is C19H20N4O3S. The number of anilines is 3. The van der Waals surface area contributed by atoms with E-state index in [2.05, 4.69) is 20.0 Å². The van der Waals surface area contributed by atoms with Crippen LogP contribution in [-0.2, 0) is 10.0 Å². The fourth-order valence-corrected chi connectivity index (χ4v) is 3.81. The highest BCUT2D eigenvalue weighted by molar-refractivity contribution is 7.92. The van der Waals surface area contributed by atoms with Crippen LogP contribution in [0.1, 0.15) is 11.3 Å². The lowest BCUT2D eigenvalue weighted by Crippen LogP contribution is -2.14. The van der Waals surface area contributed by atoms with Gasteiger partial charge in [-0.25, -0.2) is 18.4 Å². The Labute approximate surface area is 158 Å². The third kappa shape index (κ3) is 4.53. The molecule has 0 aliphatic heterocycles. The lowest BCUT2D eigenvalue weighted by Gasteiger charge is -2.13. The topological polar surface area (TPSA) is 93.2 Å². The van der Waals surface area contributed by atoms with E-state index in [1.807, 2.05) is 19.9 Å². The van der Waals surface area contributed by atoms with Crippen molar-refractivity contribution in [3.05, 3.63) is 66.1 Å². The molecule has 27 heavy (non-hydrogen) atoms. The molecule has 0 saturated carbocycles. The molecule has 0 fully saturated rings. The van der Waals surface area contributed by atoms with E-state index >= 15 is 0 Å². The Morgan fingerprint density at radius 3 is 2.30 bits per heavy atom. The van der Waals surface area contributed by atoms with E-state index in [-0.39, 0.29) is 4.90 Å². The summed E-state index contributed by atoms with van der Waals surface area (Å²) in [7, 11) is -2.33. The molecule has 0 amide bonds. The maximum atomic E-state index is 12.7. The number of aromatic nitrogens is 2. The second-order valence-corrected chi connectivity index (χ2v) is 7.66. The number of nitrogens with zero attached hydrogens (tertiary/aromatic N) is 2. The normalized spacial score (nSPS) is 11.1. The Balaban J connectivity index is 1.79. The third-order valence-corrected chi connectivity index (χ3v) is 5.22. The number of hydrogen-bond donors (Lipinski definition) is 2. The molecule has 8 heteroatoms. The average Bonchev–Trinajstić information content (AvgIpc) is 2.63. The summed E-state index contributed by atoms with van der Waals surface area (Å²) in [5.74, 6) is 0.964. The van der Waals surface area contributed by atoms with Gasteiger partial charge in [-0.05, 0) is 55.8 Å². The summed E-state index contributed by atoms with van der Waals surface area (Å²) in [6, 6.07) is 13.7. The number of rotatable bonds is 6. The summed E-state index contributed by atoms with van der Waals surface area (Å²) < 4.78 is 33.2. The molecule has 7 nitrogen and oxygen atoms in total. The van der Waals surface area contributed by atoms with E-state index in [9.17, 15) is 8.42 Å². The molecule has 0 saturated heterocycles. The molecule has 1 aromatic heterocycles. The first-order chi connectivity index (χ1) is 12.9. The van der Waals surface area contributed by atoms with Gasteiger partial charge in [-0.1, -0.05) is 6.07 Å². The van der Waals surface area contributed by atoms with Crippen LogP contribution < -0.4 is 14.8 Å². The molecule has 1 heterocycles. The molecule has 0 radical (unpaired) electrons. The largest absolute Gasteiger partial charge is 0.495 e. The van der Waals surface area contributed by atoms with Crippen LogP contribution in [0.4, 0.5) is 17.2 Å². The summed E-state index contributed by atoms with van der Waals surface area (Å²) in [5.41, 5.74) is 2.91. The van der Waals surface area contributed by atoms with Gasteiger partial charge in [0.15, 0.2) is 0 Å². The van der Waals surface area contributed by atoms with Crippen molar-refractivity contribution in [3.63, 3.8) is 0 Å². The Morgan fingerprint density at radius 2 is 1.63 bits per heavy atom. The van der Waals surface area contributed by atoms with E-state index in [1.165, 1.54) is 13.4 Å². The predicted octanol–water partition coefficient (Wildman–Crippen LogP) is 3.65. The lowest BCUT2D eigenvalue weighted by molar-refractivity contribution is 0.402. The zero-order valence-electron chi connectivity index (χ0n) is 15.2. The van der Waals surface area contributed by atoms with Crippen LogP contribution in [0.15, 0.2) is 59.8 Å². The Morgan fingerprint density at radius 1 is 0.926 bits per heavy atom. The highest BCUT2D eigenvalue weighted by Crippen LogP contribution is 2.27. The molecule has 2 aromatic carbocycles. The summed E-state index contributed by atoms with van der Waals surface area (Å²) >= 11 is 0. The van der Waals surface area contributed by atoms with E-state index < -0.39 is 10.0 Å². The fourth-order valence-electron chi connectivity index (χ4n) is 2.50. The van der Waals surface area contributed by atoms with Crippen LogP contribution in [0.3, 0.4) is 0 Å². The van der Waals surface area contributed by atoms with Crippen LogP contribution in [-0.4, -0.2) is 25.5 Å². The van der Waals surface area contributed by atoms with Crippen molar-refractivity contribution in [3.8, 4) is 5.75 Å². The molecule has 2 N–H and O–H groups in total. The highest BCUT2D eigenvalue weighted by Gasteiger charge is 2.19. The zero-order valence-corrected chi connectivity index (χ0v) is 16.0. The first kappa shape index (κ1) is 18.7. The van der Waals surface area contributed by atoms with Gasteiger partial charge in [-0.2, -0.15) is 0 Å². The molecule has 0 spiro atoms. The fraction of sp³-hybridized carbons (Fsp3) is 0.158. The van der Waals surface area contributed by atoms with E-state index in [0.29, 0.717) is 17.3 Å². The minimum absolute atomic E-state index is 0.101. The summed E-state index contributed by atoms with van der Waals surface area (Å²) in [6.07, 6.45) is 1.48. The number of aryl methyl sites for hydroxylation is 2. The van der Waals surface area contributed by atoms with Gasteiger partial charge in [0.1, 0.15) is 22.8 Å². The summed E-state index contributed by atoms with van der Waals surface area (Å²) in [6.45, 7) is 3.71. The molecule has 0 atom stereocenters. The van der Waals surface area contributed by atoms with Gasteiger partial charge in [0, 0.05) is 23.1 Å². The number of nitrogens with one attached hydrogen (secondary N) is 2. The van der Waals surface area contributed by atoms with Gasteiger partial charge in [0.25, 0.3) is 10.0 Å². The van der Waals surface area contributed by atoms with Gasteiger partial charge in [-0.15, -0.1) is 0 Å². The lowest BCUT2D eigenvalue weighted by atomic mass is 10.2. The number of hydrogen-bond acceptors (Lipinski definition) is 6. The van der Waals surface area contributed by atoms with Crippen molar-refractivity contribution < 1.29 is 13.2 Å². The van der Waals surface area contributed by atoms with E-state index in [1.54, 1.807) is 42.5 Å². The molecule has 0 bridgehead atoms. The molecule has 3 rings (SSSR count).